The van der Waals surface area contributed by atoms with Gasteiger partial charge in [0.2, 0.25) is 0 Å². The Hall–Kier alpha value is 0.323. The van der Waals surface area contributed by atoms with Crippen molar-refractivity contribution in [2.24, 2.45) is 0 Å². The summed E-state index contributed by atoms with van der Waals surface area (Å²) in [5, 5.41) is 0. The fourth-order valence-corrected chi connectivity index (χ4v) is 0.749. The Morgan fingerprint density at radius 2 is 1.56 bits per heavy atom. The SMILES string of the molecule is [CH2]c1ccc(Br)cc1.[Zn]. The summed E-state index contributed by atoms with van der Waals surface area (Å²) < 4.78 is 1.10. The van der Waals surface area contributed by atoms with Crippen molar-refractivity contribution in [1.82, 2.24) is 0 Å². The molecule has 0 bridgehead atoms. The van der Waals surface area contributed by atoms with Crippen LogP contribution in [0.3, 0.4) is 0 Å². The second-order valence-electron chi connectivity index (χ2n) is 1.63. The molecular formula is C7H6BrZn. The topological polar surface area (TPSA) is 0 Å². The van der Waals surface area contributed by atoms with Crippen molar-refractivity contribution in [3.8, 4) is 0 Å². The normalized spacial score (nSPS) is 8.22. The van der Waals surface area contributed by atoms with Crippen LogP contribution in [0.15, 0.2) is 28.7 Å². The first kappa shape index (κ1) is 9.32. The van der Waals surface area contributed by atoms with E-state index in [1.54, 1.807) is 0 Å². The Morgan fingerprint density at radius 1 is 1.11 bits per heavy atom. The van der Waals surface area contributed by atoms with Crippen LogP contribution in [-0.4, -0.2) is 0 Å². The molecule has 9 heavy (non-hydrogen) atoms. The van der Waals surface area contributed by atoms with E-state index in [4.69, 9.17) is 0 Å². The van der Waals surface area contributed by atoms with E-state index in [-0.39, 0.29) is 19.5 Å². The van der Waals surface area contributed by atoms with Gasteiger partial charge in [0.1, 0.15) is 0 Å². The van der Waals surface area contributed by atoms with Gasteiger partial charge in [0.15, 0.2) is 0 Å². The van der Waals surface area contributed by atoms with Crippen molar-refractivity contribution in [2.45, 2.75) is 0 Å². The quantitative estimate of drug-likeness (QED) is 0.607. The van der Waals surface area contributed by atoms with Gasteiger partial charge < -0.3 is 0 Å². The molecule has 2 heteroatoms. The van der Waals surface area contributed by atoms with Crippen LogP contribution in [-0.2, 0) is 19.5 Å². The monoisotopic (exact) mass is 233 g/mol. The van der Waals surface area contributed by atoms with Gasteiger partial charge in [-0.25, -0.2) is 0 Å². The third-order valence-corrected chi connectivity index (χ3v) is 1.44. The predicted octanol–water partition coefficient (Wildman–Crippen LogP) is 2.63. The molecule has 0 spiro atoms. The van der Waals surface area contributed by atoms with Crippen LogP contribution in [0.4, 0.5) is 0 Å². The second-order valence-corrected chi connectivity index (χ2v) is 2.54. The van der Waals surface area contributed by atoms with E-state index in [1.807, 2.05) is 24.3 Å². The van der Waals surface area contributed by atoms with Gasteiger partial charge in [0.05, 0.1) is 0 Å². The Bertz CT molecular complexity index is 148. The minimum absolute atomic E-state index is 0. The molecule has 0 aliphatic heterocycles. The first-order valence-corrected chi connectivity index (χ1v) is 3.16. The van der Waals surface area contributed by atoms with Crippen LogP contribution in [0.25, 0.3) is 0 Å². The van der Waals surface area contributed by atoms with Crippen LogP contribution < -0.4 is 0 Å². The molecule has 0 fully saturated rings. The average molecular weight is 235 g/mol. The number of halogens is 1. The van der Waals surface area contributed by atoms with Crippen LogP contribution >= 0.6 is 15.9 Å². The number of hydrogen-bond acceptors (Lipinski definition) is 0. The van der Waals surface area contributed by atoms with Gasteiger partial charge in [-0.3, -0.25) is 0 Å². The molecule has 0 aliphatic carbocycles. The Kier molecular flexibility index (Phi) is 4.34. The minimum Gasteiger partial charge on any atom is -0.0579 e. The zero-order valence-electron chi connectivity index (χ0n) is 5.10. The van der Waals surface area contributed by atoms with E-state index < -0.39 is 0 Å². The van der Waals surface area contributed by atoms with Gasteiger partial charge in [-0.05, 0) is 24.6 Å². The summed E-state index contributed by atoms with van der Waals surface area (Å²) in [6, 6.07) is 7.87. The predicted molar refractivity (Wildman–Crippen MR) is 38.6 cm³/mol. The van der Waals surface area contributed by atoms with Gasteiger partial charge in [0.25, 0.3) is 0 Å². The van der Waals surface area contributed by atoms with E-state index in [0.717, 1.165) is 10.0 Å². The smallest absolute Gasteiger partial charge is 0.0175 e. The summed E-state index contributed by atoms with van der Waals surface area (Å²) in [7, 11) is 0. The molecule has 0 unspecified atom stereocenters. The van der Waals surface area contributed by atoms with Crippen LogP contribution in [0.5, 0.6) is 0 Å². The third kappa shape index (κ3) is 3.12. The molecule has 43 valence electrons. The zero-order chi connectivity index (χ0) is 5.98. The summed E-state index contributed by atoms with van der Waals surface area (Å²) >= 11 is 3.32. The maximum atomic E-state index is 3.74. The zero-order valence-corrected chi connectivity index (χ0v) is 9.65. The third-order valence-electron chi connectivity index (χ3n) is 0.913. The average Bonchev–Trinajstić information content (AvgIpc) is 1.77. The van der Waals surface area contributed by atoms with Crippen molar-refractivity contribution in [3.05, 3.63) is 41.2 Å². The van der Waals surface area contributed by atoms with E-state index in [2.05, 4.69) is 22.9 Å². The molecule has 0 atom stereocenters. The molecule has 1 aromatic rings. The first-order chi connectivity index (χ1) is 3.79. The van der Waals surface area contributed by atoms with Crippen molar-refractivity contribution >= 4 is 15.9 Å². The van der Waals surface area contributed by atoms with Crippen LogP contribution in [0.1, 0.15) is 5.56 Å². The maximum Gasteiger partial charge on any atom is 0.0175 e. The molecule has 1 radical (unpaired) electrons. The van der Waals surface area contributed by atoms with Crippen molar-refractivity contribution in [2.75, 3.05) is 0 Å². The summed E-state index contributed by atoms with van der Waals surface area (Å²) in [5.74, 6) is 0. The van der Waals surface area contributed by atoms with Crippen molar-refractivity contribution in [1.29, 1.82) is 0 Å². The van der Waals surface area contributed by atoms with Crippen molar-refractivity contribution in [3.63, 3.8) is 0 Å². The molecule has 0 amide bonds. The fourth-order valence-electron chi connectivity index (χ4n) is 0.484. The molecule has 1 rings (SSSR count). The van der Waals surface area contributed by atoms with Crippen molar-refractivity contribution < 1.29 is 19.5 Å². The van der Waals surface area contributed by atoms with Gasteiger partial charge in [-0.15, -0.1) is 0 Å². The van der Waals surface area contributed by atoms with Gasteiger partial charge >= 0.3 is 0 Å². The van der Waals surface area contributed by atoms with Gasteiger partial charge in [-0.1, -0.05) is 28.1 Å². The molecular weight excluding hydrogens is 229 g/mol. The molecule has 0 heterocycles. The molecule has 0 aromatic heterocycles. The van der Waals surface area contributed by atoms with E-state index in [0.29, 0.717) is 0 Å². The standard InChI is InChI=1S/C7H6Br.Zn/c1-6-2-4-7(8)5-3-6;/h2-5H,1H2;. The van der Waals surface area contributed by atoms with Gasteiger partial charge in [0, 0.05) is 24.0 Å². The summed E-state index contributed by atoms with van der Waals surface area (Å²) in [5.41, 5.74) is 1.05. The Balaban J connectivity index is 0.000000640. The Labute approximate surface area is 76.5 Å². The summed E-state index contributed by atoms with van der Waals surface area (Å²) in [6.45, 7) is 3.74. The van der Waals surface area contributed by atoms with E-state index in [9.17, 15) is 0 Å². The molecule has 0 saturated carbocycles. The molecule has 0 saturated heterocycles. The van der Waals surface area contributed by atoms with Crippen LogP contribution in [0, 0.1) is 6.92 Å². The molecule has 0 N–H and O–H groups in total. The maximum absolute atomic E-state index is 3.74. The first-order valence-electron chi connectivity index (χ1n) is 2.36. The molecule has 1 aromatic carbocycles. The fraction of sp³-hybridized carbons (Fsp3) is 0. The largest absolute Gasteiger partial charge is 0.0579 e. The van der Waals surface area contributed by atoms with E-state index >= 15 is 0 Å². The molecule has 0 nitrogen and oxygen atoms in total. The molecule has 0 aliphatic rings. The van der Waals surface area contributed by atoms with Gasteiger partial charge in [-0.2, -0.15) is 0 Å². The summed E-state index contributed by atoms with van der Waals surface area (Å²) in [4.78, 5) is 0. The van der Waals surface area contributed by atoms with Crippen LogP contribution in [0.2, 0.25) is 0 Å². The minimum atomic E-state index is 0. The number of benzene rings is 1. The summed E-state index contributed by atoms with van der Waals surface area (Å²) in [6.07, 6.45) is 0. The van der Waals surface area contributed by atoms with E-state index in [1.165, 1.54) is 0 Å². The number of hydrogen-bond donors (Lipinski definition) is 0. The number of rotatable bonds is 0. The Morgan fingerprint density at radius 3 is 1.89 bits per heavy atom. The second kappa shape index (κ2) is 4.19.